The lowest BCUT2D eigenvalue weighted by atomic mass is 10.1. The summed E-state index contributed by atoms with van der Waals surface area (Å²) < 4.78 is 27.7. The van der Waals surface area contributed by atoms with Gasteiger partial charge in [0, 0.05) is 37.3 Å². The summed E-state index contributed by atoms with van der Waals surface area (Å²) in [5.41, 5.74) is 2.32. The number of carbonyl (C=O) groups is 2. The zero-order valence-electron chi connectivity index (χ0n) is 17.9. The van der Waals surface area contributed by atoms with Crippen LogP contribution in [0.2, 0.25) is 0 Å². The summed E-state index contributed by atoms with van der Waals surface area (Å²) in [7, 11) is -3.77. The Morgan fingerprint density at radius 2 is 1.97 bits per heavy atom. The Kier molecular flexibility index (Phi) is 6.27. The summed E-state index contributed by atoms with van der Waals surface area (Å²) in [4.78, 5) is 31.1. The molecule has 0 aliphatic carbocycles. The van der Waals surface area contributed by atoms with Crippen LogP contribution in [0.5, 0.6) is 0 Å². The van der Waals surface area contributed by atoms with Crippen molar-refractivity contribution in [2.75, 3.05) is 23.3 Å². The number of aliphatic imine (C=N–C) groups is 1. The van der Waals surface area contributed by atoms with Crippen LogP contribution in [0, 0.1) is 5.92 Å². The van der Waals surface area contributed by atoms with Gasteiger partial charge in [0.2, 0.25) is 11.8 Å². The highest BCUT2D eigenvalue weighted by Crippen LogP contribution is 2.27. The van der Waals surface area contributed by atoms with E-state index < -0.39 is 15.9 Å². The molecule has 9 heteroatoms. The summed E-state index contributed by atoms with van der Waals surface area (Å²) in [5, 5.41) is 2.76. The molecule has 1 fully saturated rings. The maximum atomic E-state index is 12.8. The van der Waals surface area contributed by atoms with Crippen molar-refractivity contribution in [2.45, 2.75) is 37.5 Å². The van der Waals surface area contributed by atoms with Crippen LogP contribution in [-0.4, -0.2) is 39.2 Å². The lowest BCUT2D eigenvalue weighted by Gasteiger charge is -2.17. The quantitative estimate of drug-likeness (QED) is 0.700. The van der Waals surface area contributed by atoms with Crippen LogP contribution in [0.15, 0.2) is 58.4 Å². The Balaban J connectivity index is 1.42. The molecule has 2 aliphatic rings. The van der Waals surface area contributed by atoms with E-state index in [0.717, 1.165) is 18.5 Å². The van der Waals surface area contributed by atoms with Crippen molar-refractivity contribution in [2.24, 2.45) is 10.9 Å². The molecular formula is C23H26N4O4S. The Bertz CT molecular complexity index is 1160. The fourth-order valence-corrected chi connectivity index (χ4v) is 5.00. The average Bonchev–Trinajstić information content (AvgIpc) is 3.43. The fourth-order valence-electron chi connectivity index (χ4n) is 3.87. The van der Waals surface area contributed by atoms with Crippen molar-refractivity contribution >= 4 is 39.0 Å². The van der Waals surface area contributed by atoms with Crippen LogP contribution in [0.3, 0.4) is 0 Å². The molecule has 2 aromatic rings. The first-order valence-corrected chi connectivity index (χ1v) is 12.2. The first-order chi connectivity index (χ1) is 15.4. The molecule has 168 valence electrons. The monoisotopic (exact) mass is 454 g/mol. The third-order valence-electron chi connectivity index (χ3n) is 5.69. The van der Waals surface area contributed by atoms with Crippen molar-refractivity contribution in [3.8, 4) is 0 Å². The van der Waals surface area contributed by atoms with E-state index in [0.29, 0.717) is 24.5 Å². The lowest BCUT2D eigenvalue weighted by molar-refractivity contribution is -0.122. The van der Waals surface area contributed by atoms with E-state index in [2.05, 4.69) is 22.0 Å². The predicted octanol–water partition coefficient (Wildman–Crippen LogP) is 2.71. The van der Waals surface area contributed by atoms with Crippen LogP contribution in [0.1, 0.15) is 31.7 Å². The highest BCUT2D eigenvalue weighted by Gasteiger charge is 2.35. The zero-order valence-corrected chi connectivity index (χ0v) is 18.7. The first-order valence-electron chi connectivity index (χ1n) is 10.7. The van der Waals surface area contributed by atoms with Gasteiger partial charge in [-0.05, 0) is 48.7 Å². The molecule has 0 spiro atoms. The van der Waals surface area contributed by atoms with Gasteiger partial charge in [0.15, 0.2) is 0 Å². The van der Waals surface area contributed by atoms with Crippen LogP contribution in [0.25, 0.3) is 0 Å². The summed E-state index contributed by atoms with van der Waals surface area (Å²) in [5.74, 6) is -0.475. The molecule has 0 unspecified atom stereocenters. The van der Waals surface area contributed by atoms with E-state index in [1.54, 1.807) is 17.0 Å². The van der Waals surface area contributed by atoms with Crippen molar-refractivity contribution in [1.82, 2.24) is 4.72 Å². The highest BCUT2D eigenvalue weighted by atomic mass is 32.2. The van der Waals surface area contributed by atoms with Crippen molar-refractivity contribution < 1.29 is 18.0 Å². The second kappa shape index (κ2) is 9.12. The van der Waals surface area contributed by atoms with Gasteiger partial charge in [0.1, 0.15) is 5.84 Å². The van der Waals surface area contributed by atoms with E-state index >= 15 is 0 Å². The number of nitrogens with zero attached hydrogens (tertiary/aromatic N) is 2. The van der Waals surface area contributed by atoms with Gasteiger partial charge < -0.3 is 10.2 Å². The molecule has 1 atom stereocenters. The lowest BCUT2D eigenvalue weighted by Crippen LogP contribution is -2.29. The largest absolute Gasteiger partial charge is 0.326 e. The van der Waals surface area contributed by atoms with Gasteiger partial charge >= 0.3 is 0 Å². The van der Waals surface area contributed by atoms with Gasteiger partial charge in [0.05, 0.1) is 10.8 Å². The standard InChI is InChI=1S/C23H26N4O4S/c1-2-16-8-10-19(11-9-16)27-15-17(13-22(27)28)23(29)25-18-5-3-6-20(14-18)32(30,31)26-21-7-4-12-24-21/h3,5-6,8-11,14,17H,2,4,7,12-13,15H2,1H3,(H,24,26)(H,25,29)/t17-/m1/s1. The second-order valence-corrected chi connectivity index (χ2v) is 9.66. The minimum absolute atomic E-state index is 0.0463. The van der Waals surface area contributed by atoms with E-state index in [4.69, 9.17) is 0 Å². The topological polar surface area (TPSA) is 108 Å². The van der Waals surface area contributed by atoms with Gasteiger partial charge in [-0.1, -0.05) is 25.1 Å². The Morgan fingerprint density at radius 1 is 1.19 bits per heavy atom. The smallest absolute Gasteiger partial charge is 0.262 e. The molecule has 2 aliphatic heterocycles. The molecule has 32 heavy (non-hydrogen) atoms. The normalized spacial score (nSPS) is 18.5. The average molecular weight is 455 g/mol. The van der Waals surface area contributed by atoms with E-state index in [1.807, 2.05) is 24.3 Å². The second-order valence-electron chi connectivity index (χ2n) is 7.98. The molecule has 0 radical (unpaired) electrons. The van der Waals surface area contributed by atoms with E-state index in [9.17, 15) is 18.0 Å². The third-order valence-corrected chi connectivity index (χ3v) is 7.07. The number of sulfonamides is 1. The molecule has 0 aromatic heterocycles. The number of hydrogen-bond donors (Lipinski definition) is 2. The first kappa shape index (κ1) is 22.0. The summed E-state index contributed by atoms with van der Waals surface area (Å²) >= 11 is 0. The SMILES string of the molecule is CCc1ccc(N2C[C@H](C(=O)Nc3cccc(S(=O)(=O)NC4=NCCC4)c3)CC2=O)cc1. The van der Waals surface area contributed by atoms with E-state index in [-0.39, 0.29) is 29.7 Å². The number of aryl methyl sites for hydroxylation is 1. The number of amides is 2. The summed E-state index contributed by atoms with van der Waals surface area (Å²) in [6.07, 6.45) is 2.45. The molecular weight excluding hydrogens is 428 g/mol. The Morgan fingerprint density at radius 3 is 2.66 bits per heavy atom. The highest BCUT2D eigenvalue weighted by molar-refractivity contribution is 7.90. The number of anilines is 2. The molecule has 2 heterocycles. The maximum absolute atomic E-state index is 12.8. The number of benzene rings is 2. The molecule has 4 rings (SSSR count). The number of carbonyl (C=O) groups excluding carboxylic acids is 2. The summed E-state index contributed by atoms with van der Waals surface area (Å²) in [6.45, 7) is 2.97. The van der Waals surface area contributed by atoms with Crippen molar-refractivity contribution in [1.29, 1.82) is 0 Å². The third kappa shape index (κ3) is 4.83. The Hall–Kier alpha value is -3.20. The fraction of sp³-hybridized carbons (Fsp3) is 0.348. The minimum Gasteiger partial charge on any atom is -0.326 e. The molecule has 0 bridgehead atoms. The van der Waals surface area contributed by atoms with Crippen LogP contribution in [0.4, 0.5) is 11.4 Å². The minimum atomic E-state index is -3.77. The van der Waals surface area contributed by atoms with Crippen LogP contribution in [-0.2, 0) is 26.0 Å². The van der Waals surface area contributed by atoms with Crippen molar-refractivity contribution in [3.05, 3.63) is 54.1 Å². The molecule has 1 saturated heterocycles. The summed E-state index contributed by atoms with van der Waals surface area (Å²) in [6, 6.07) is 13.8. The predicted molar refractivity (Wildman–Crippen MR) is 123 cm³/mol. The number of hydrogen-bond acceptors (Lipinski definition) is 5. The molecule has 2 N–H and O–H groups in total. The van der Waals surface area contributed by atoms with Gasteiger partial charge in [-0.25, -0.2) is 8.42 Å². The van der Waals surface area contributed by atoms with Gasteiger partial charge in [-0.15, -0.1) is 0 Å². The maximum Gasteiger partial charge on any atom is 0.262 e. The van der Waals surface area contributed by atoms with Gasteiger partial charge in [-0.3, -0.25) is 19.3 Å². The van der Waals surface area contributed by atoms with Crippen LogP contribution < -0.4 is 14.9 Å². The molecule has 0 saturated carbocycles. The molecule has 2 aromatic carbocycles. The Labute approximate surface area is 187 Å². The van der Waals surface area contributed by atoms with E-state index in [1.165, 1.54) is 17.7 Å². The number of nitrogens with one attached hydrogen (secondary N) is 2. The number of rotatable bonds is 6. The molecule has 2 amide bonds. The zero-order chi connectivity index (χ0) is 22.7. The van der Waals surface area contributed by atoms with Crippen molar-refractivity contribution in [3.63, 3.8) is 0 Å². The van der Waals surface area contributed by atoms with Gasteiger partial charge in [0.25, 0.3) is 10.0 Å². The number of amidine groups is 1. The van der Waals surface area contributed by atoms with Gasteiger partial charge in [-0.2, -0.15) is 0 Å². The van der Waals surface area contributed by atoms with Crippen LogP contribution >= 0.6 is 0 Å². The molecule has 8 nitrogen and oxygen atoms in total.